The van der Waals surface area contributed by atoms with Crippen LogP contribution in [0.3, 0.4) is 0 Å². The van der Waals surface area contributed by atoms with E-state index in [2.05, 4.69) is 16.5 Å². The minimum Gasteiger partial charge on any atom is -0.359 e. The second kappa shape index (κ2) is 5.37. The van der Waals surface area contributed by atoms with Gasteiger partial charge in [-0.3, -0.25) is 0 Å². The maximum Gasteiger partial charge on any atom is 0.309 e. The van der Waals surface area contributed by atoms with Crippen LogP contribution in [0.15, 0.2) is 12.3 Å². The molecule has 14 heavy (non-hydrogen) atoms. The molecule has 0 aliphatic heterocycles. The van der Waals surface area contributed by atoms with Crippen LogP contribution < -0.4 is 11.5 Å². The number of carbonyl (C=O) groups excluding carboxylic acids is 1. The highest BCUT2D eigenvalue weighted by molar-refractivity contribution is 5.94. The predicted molar refractivity (Wildman–Crippen MR) is 51.8 cm³/mol. The number of urea groups is 1. The molecule has 6 heteroatoms. The second-order valence-electron chi connectivity index (χ2n) is 2.44. The molecule has 1 aromatic rings. The van der Waals surface area contributed by atoms with Gasteiger partial charge in [-0.15, -0.1) is 0 Å². The summed E-state index contributed by atoms with van der Waals surface area (Å²) in [6.07, 6.45) is 1.59. The number of rotatable bonds is 1. The van der Waals surface area contributed by atoms with Crippen molar-refractivity contribution in [3.8, 4) is 6.07 Å². The Labute approximate surface area is 81.0 Å². The lowest BCUT2D eigenvalue weighted by Crippen LogP contribution is -2.18. The first-order valence-corrected chi connectivity index (χ1v) is 3.66. The van der Waals surface area contributed by atoms with Crippen molar-refractivity contribution in [3.63, 3.8) is 0 Å². The van der Waals surface area contributed by atoms with Gasteiger partial charge in [0.05, 0.1) is 17.0 Å². The SMILES string of the molecule is CC(=N)c1cc(C#N)c[nH]1.NC(N)=O. The smallest absolute Gasteiger partial charge is 0.309 e. The number of carbonyl (C=O) groups is 1. The highest BCUT2D eigenvalue weighted by atomic mass is 16.2. The molecule has 0 fully saturated rings. The lowest BCUT2D eigenvalue weighted by Gasteiger charge is -1.86. The van der Waals surface area contributed by atoms with Crippen LogP contribution in [0.1, 0.15) is 18.2 Å². The minimum atomic E-state index is -0.833. The molecule has 0 radical (unpaired) electrons. The average molecular weight is 193 g/mol. The Balaban J connectivity index is 0.000000364. The summed E-state index contributed by atoms with van der Waals surface area (Å²) in [5, 5.41) is 15.6. The number of aromatic nitrogens is 1. The van der Waals surface area contributed by atoms with Gasteiger partial charge in [-0.05, 0) is 13.0 Å². The van der Waals surface area contributed by atoms with Crippen molar-refractivity contribution >= 4 is 11.7 Å². The standard InChI is InChI=1S/C7H7N3.CH4N2O/c1-5(9)7-2-6(3-8)4-10-7;2-1(3)4/h2,4,9-10H,1H3;(H4,2,3,4). The van der Waals surface area contributed by atoms with Crippen LogP contribution in [0.2, 0.25) is 0 Å². The largest absolute Gasteiger partial charge is 0.359 e. The molecule has 0 aromatic carbocycles. The van der Waals surface area contributed by atoms with Gasteiger partial charge < -0.3 is 21.9 Å². The molecule has 0 bridgehead atoms. The molecule has 0 atom stereocenters. The number of hydrogen-bond donors (Lipinski definition) is 4. The van der Waals surface area contributed by atoms with Crippen LogP contribution in [0.25, 0.3) is 0 Å². The topological polar surface area (TPSA) is 133 Å². The third-order valence-corrected chi connectivity index (χ3v) is 1.22. The second-order valence-corrected chi connectivity index (χ2v) is 2.44. The lowest BCUT2D eigenvalue weighted by molar-refractivity contribution is 0.256. The van der Waals surface area contributed by atoms with Crippen LogP contribution in [0.5, 0.6) is 0 Å². The van der Waals surface area contributed by atoms with Gasteiger partial charge in [0.15, 0.2) is 0 Å². The fourth-order valence-electron chi connectivity index (χ4n) is 0.675. The van der Waals surface area contributed by atoms with Gasteiger partial charge in [-0.1, -0.05) is 0 Å². The molecule has 0 aliphatic rings. The zero-order valence-corrected chi connectivity index (χ0v) is 7.66. The fourth-order valence-corrected chi connectivity index (χ4v) is 0.675. The van der Waals surface area contributed by atoms with Crippen molar-refractivity contribution in [1.29, 1.82) is 10.7 Å². The third kappa shape index (κ3) is 4.56. The Morgan fingerprint density at radius 1 is 1.64 bits per heavy atom. The van der Waals surface area contributed by atoms with E-state index in [4.69, 9.17) is 15.5 Å². The summed E-state index contributed by atoms with van der Waals surface area (Å²) >= 11 is 0. The molecule has 6 N–H and O–H groups in total. The number of H-pyrrole nitrogens is 1. The van der Waals surface area contributed by atoms with E-state index in [1.807, 2.05) is 6.07 Å². The van der Waals surface area contributed by atoms with Crippen molar-refractivity contribution < 1.29 is 4.79 Å². The normalized spacial score (nSPS) is 8.00. The number of nitrogens with zero attached hydrogens (tertiary/aromatic N) is 1. The van der Waals surface area contributed by atoms with E-state index in [0.29, 0.717) is 17.0 Å². The summed E-state index contributed by atoms with van der Waals surface area (Å²) in [7, 11) is 0. The Morgan fingerprint density at radius 2 is 2.14 bits per heavy atom. The Hall–Kier alpha value is -2.29. The van der Waals surface area contributed by atoms with Crippen molar-refractivity contribution in [1.82, 2.24) is 4.98 Å². The molecule has 0 aliphatic carbocycles. The maximum absolute atomic E-state index is 9.00. The van der Waals surface area contributed by atoms with E-state index < -0.39 is 6.03 Å². The van der Waals surface area contributed by atoms with Gasteiger partial charge in [0.25, 0.3) is 0 Å². The van der Waals surface area contributed by atoms with Gasteiger partial charge in [-0.25, -0.2) is 4.79 Å². The van der Waals surface area contributed by atoms with E-state index >= 15 is 0 Å². The van der Waals surface area contributed by atoms with Crippen molar-refractivity contribution in [3.05, 3.63) is 23.5 Å². The highest BCUT2D eigenvalue weighted by Crippen LogP contribution is 2.01. The Kier molecular flexibility index (Phi) is 4.49. The van der Waals surface area contributed by atoms with Crippen LogP contribution in [0, 0.1) is 16.7 Å². The zero-order valence-electron chi connectivity index (χ0n) is 7.66. The molecule has 6 nitrogen and oxygen atoms in total. The Morgan fingerprint density at radius 3 is 2.36 bits per heavy atom. The van der Waals surface area contributed by atoms with Gasteiger partial charge in [0, 0.05) is 6.20 Å². The fraction of sp³-hybridized carbons (Fsp3) is 0.125. The van der Waals surface area contributed by atoms with Crippen LogP contribution in [-0.2, 0) is 0 Å². The molecule has 1 rings (SSSR count). The maximum atomic E-state index is 9.00. The molecular formula is C8H11N5O. The molecule has 1 heterocycles. The van der Waals surface area contributed by atoms with Crippen LogP contribution in [-0.4, -0.2) is 16.7 Å². The lowest BCUT2D eigenvalue weighted by atomic mass is 10.3. The first kappa shape index (κ1) is 11.7. The quantitative estimate of drug-likeness (QED) is 0.477. The van der Waals surface area contributed by atoms with Gasteiger partial charge >= 0.3 is 6.03 Å². The summed E-state index contributed by atoms with van der Waals surface area (Å²) in [4.78, 5) is 11.8. The minimum absolute atomic E-state index is 0.446. The summed E-state index contributed by atoms with van der Waals surface area (Å²) in [6, 6.07) is 2.80. The molecule has 1 aromatic heterocycles. The average Bonchev–Trinajstić information content (AvgIpc) is 2.50. The van der Waals surface area contributed by atoms with Gasteiger partial charge in [0.1, 0.15) is 6.07 Å². The molecule has 0 unspecified atom stereocenters. The number of nitrogens with two attached hydrogens (primary N) is 2. The monoisotopic (exact) mass is 193 g/mol. The van der Waals surface area contributed by atoms with Gasteiger partial charge in [0.2, 0.25) is 0 Å². The molecule has 0 saturated heterocycles. The molecule has 0 saturated carbocycles. The van der Waals surface area contributed by atoms with Crippen LogP contribution >= 0.6 is 0 Å². The zero-order chi connectivity index (χ0) is 11.1. The summed E-state index contributed by atoms with van der Waals surface area (Å²) in [5.41, 5.74) is 10.2. The molecule has 74 valence electrons. The summed E-state index contributed by atoms with van der Waals surface area (Å²) < 4.78 is 0. The number of aromatic amines is 1. The molecule has 2 amide bonds. The number of primary amides is 2. The van der Waals surface area contributed by atoms with Crippen molar-refractivity contribution in [2.45, 2.75) is 6.92 Å². The Bertz CT molecular complexity index is 369. The van der Waals surface area contributed by atoms with E-state index in [0.717, 1.165) is 0 Å². The predicted octanol–water partition coefficient (Wildman–Crippen LogP) is 0.298. The first-order valence-electron chi connectivity index (χ1n) is 3.66. The summed E-state index contributed by atoms with van der Waals surface area (Å²) in [5.74, 6) is 0. The van der Waals surface area contributed by atoms with Crippen molar-refractivity contribution in [2.24, 2.45) is 11.5 Å². The van der Waals surface area contributed by atoms with Crippen molar-refractivity contribution in [2.75, 3.05) is 0 Å². The number of amides is 2. The first-order chi connectivity index (χ1) is 6.47. The van der Waals surface area contributed by atoms with Crippen LogP contribution in [0.4, 0.5) is 4.79 Å². The number of hydrogen-bond acceptors (Lipinski definition) is 3. The number of nitrogens with one attached hydrogen (secondary N) is 2. The van der Waals surface area contributed by atoms with Gasteiger partial charge in [-0.2, -0.15) is 5.26 Å². The number of nitriles is 1. The molecular weight excluding hydrogens is 182 g/mol. The molecule has 0 spiro atoms. The summed E-state index contributed by atoms with van der Waals surface area (Å²) in [6.45, 7) is 1.67. The van der Waals surface area contributed by atoms with E-state index in [-0.39, 0.29) is 0 Å². The third-order valence-electron chi connectivity index (χ3n) is 1.22. The van der Waals surface area contributed by atoms with E-state index in [1.54, 1.807) is 19.2 Å². The van der Waals surface area contributed by atoms with E-state index in [1.165, 1.54) is 0 Å². The highest BCUT2D eigenvalue weighted by Gasteiger charge is 1.97. The van der Waals surface area contributed by atoms with E-state index in [9.17, 15) is 0 Å².